The van der Waals surface area contributed by atoms with Crippen LogP contribution in [-0.2, 0) is 4.79 Å². The number of hydrogen-bond acceptors (Lipinski definition) is 3. The maximum Gasteiger partial charge on any atom is 0.220 e. The smallest absolute Gasteiger partial charge is 0.220 e. The number of carbonyl (C=O) groups is 1. The SMILES string of the molecule is Cc1ccc([C@@H](O)CNC(=O)C[C@H](C)c2ccncc2)cc1. The molecule has 1 amide bonds. The van der Waals surface area contributed by atoms with Gasteiger partial charge in [0, 0.05) is 25.4 Å². The van der Waals surface area contributed by atoms with Gasteiger partial charge in [-0.1, -0.05) is 36.8 Å². The summed E-state index contributed by atoms with van der Waals surface area (Å²) in [5.41, 5.74) is 3.04. The molecule has 0 fully saturated rings. The molecule has 0 unspecified atom stereocenters. The van der Waals surface area contributed by atoms with E-state index in [-0.39, 0.29) is 18.4 Å². The molecule has 0 spiro atoms. The number of amides is 1. The summed E-state index contributed by atoms with van der Waals surface area (Å²) in [5, 5.41) is 12.9. The fraction of sp³-hybridized carbons (Fsp3) is 0.333. The third-order valence-corrected chi connectivity index (χ3v) is 3.72. The van der Waals surface area contributed by atoms with E-state index in [1.807, 2.05) is 50.2 Å². The molecule has 0 saturated heterocycles. The number of nitrogens with one attached hydrogen (secondary N) is 1. The molecule has 2 N–H and O–H groups in total. The Bertz CT molecular complexity index is 596. The van der Waals surface area contributed by atoms with Crippen molar-refractivity contribution in [3.63, 3.8) is 0 Å². The number of pyridine rings is 1. The standard InChI is InChI=1S/C18H22N2O2/c1-13-3-5-16(6-4-13)17(21)12-20-18(22)11-14(2)15-7-9-19-10-8-15/h3-10,14,17,21H,11-12H2,1-2H3,(H,20,22)/t14-,17-/m0/s1. The Kier molecular flexibility index (Phi) is 5.67. The highest BCUT2D eigenvalue weighted by Gasteiger charge is 2.13. The molecule has 0 radical (unpaired) electrons. The molecule has 0 saturated carbocycles. The van der Waals surface area contributed by atoms with Crippen molar-refractivity contribution in [2.75, 3.05) is 6.54 Å². The normalized spacial score (nSPS) is 13.4. The van der Waals surface area contributed by atoms with Gasteiger partial charge in [0.1, 0.15) is 0 Å². The Morgan fingerprint density at radius 3 is 2.41 bits per heavy atom. The Morgan fingerprint density at radius 1 is 1.14 bits per heavy atom. The molecule has 1 aromatic heterocycles. The summed E-state index contributed by atoms with van der Waals surface area (Å²) in [6.45, 7) is 4.23. The first-order chi connectivity index (χ1) is 10.6. The highest BCUT2D eigenvalue weighted by Crippen LogP contribution is 2.18. The van der Waals surface area contributed by atoms with E-state index >= 15 is 0 Å². The van der Waals surface area contributed by atoms with Gasteiger partial charge in [-0.15, -0.1) is 0 Å². The molecule has 0 bridgehead atoms. The second-order valence-electron chi connectivity index (χ2n) is 5.62. The number of carbonyl (C=O) groups excluding carboxylic acids is 1. The monoisotopic (exact) mass is 298 g/mol. The molecule has 0 aliphatic rings. The van der Waals surface area contributed by atoms with Crippen LogP contribution in [-0.4, -0.2) is 22.5 Å². The zero-order valence-corrected chi connectivity index (χ0v) is 13.0. The maximum atomic E-state index is 12.0. The summed E-state index contributed by atoms with van der Waals surface area (Å²) in [6, 6.07) is 11.5. The molecule has 1 aromatic carbocycles. The van der Waals surface area contributed by atoms with Gasteiger partial charge < -0.3 is 10.4 Å². The molecular weight excluding hydrogens is 276 g/mol. The van der Waals surface area contributed by atoms with Crippen molar-refractivity contribution in [2.45, 2.75) is 32.3 Å². The summed E-state index contributed by atoms with van der Waals surface area (Å²) >= 11 is 0. The van der Waals surface area contributed by atoms with Gasteiger partial charge in [0.2, 0.25) is 5.91 Å². The number of rotatable bonds is 6. The number of nitrogens with zero attached hydrogens (tertiary/aromatic N) is 1. The average molecular weight is 298 g/mol. The first-order valence-corrected chi connectivity index (χ1v) is 7.47. The van der Waals surface area contributed by atoms with Crippen LogP contribution in [0.3, 0.4) is 0 Å². The molecule has 22 heavy (non-hydrogen) atoms. The Labute approximate surface area is 131 Å². The van der Waals surface area contributed by atoms with E-state index in [2.05, 4.69) is 10.3 Å². The molecule has 0 aliphatic heterocycles. The third kappa shape index (κ3) is 4.67. The predicted molar refractivity (Wildman–Crippen MR) is 86.4 cm³/mol. The number of benzene rings is 1. The lowest BCUT2D eigenvalue weighted by Gasteiger charge is -2.15. The van der Waals surface area contributed by atoms with Gasteiger partial charge in [0.25, 0.3) is 0 Å². The zero-order valence-electron chi connectivity index (χ0n) is 13.0. The Hall–Kier alpha value is -2.20. The summed E-state index contributed by atoms with van der Waals surface area (Å²) in [5.74, 6) is 0.0648. The molecule has 4 nitrogen and oxygen atoms in total. The Balaban J connectivity index is 1.81. The molecular formula is C18H22N2O2. The molecule has 2 atom stereocenters. The van der Waals surface area contributed by atoms with Crippen LogP contribution in [0.1, 0.15) is 42.1 Å². The second kappa shape index (κ2) is 7.71. The molecule has 2 aromatic rings. The maximum absolute atomic E-state index is 12.0. The van der Waals surface area contributed by atoms with Gasteiger partial charge in [-0.3, -0.25) is 9.78 Å². The fourth-order valence-electron chi connectivity index (χ4n) is 2.28. The van der Waals surface area contributed by atoms with Gasteiger partial charge in [-0.2, -0.15) is 0 Å². The van der Waals surface area contributed by atoms with Gasteiger partial charge >= 0.3 is 0 Å². The summed E-state index contributed by atoms with van der Waals surface area (Å²) in [4.78, 5) is 16.0. The number of aryl methyl sites for hydroxylation is 1. The van der Waals surface area contributed by atoms with Crippen LogP contribution in [0.15, 0.2) is 48.8 Å². The summed E-state index contributed by atoms with van der Waals surface area (Å²) < 4.78 is 0. The molecule has 1 heterocycles. The van der Waals surface area contributed by atoms with E-state index in [0.29, 0.717) is 6.42 Å². The van der Waals surface area contributed by atoms with E-state index in [1.54, 1.807) is 12.4 Å². The lowest BCUT2D eigenvalue weighted by molar-refractivity contribution is -0.121. The van der Waals surface area contributed by atoms with E-state index < -0.39 is 6.10 Å². The minimum Gasteiger partial charge on any atom is -0.387 e. The number of aliphatic hydroxyl groups excluding tert-OH is 1. The number of aliphatic hydroxyl groups is 1. The van der Waals surface area contributed by atoms with Crippen LogP contribution < -0.4 is 5.32 Å². The largest absolute Gasteiger partial charge is 0.387 e. The average Bonchev–Trinajstić information content (AvgIpc) is 2.54. The topological polar surface area (TPSA) is 62.2 Å². The van der Waals surface area contributed by atoms with Crippen molar-refractivity contribution < 1.29 is 9.90 Å². The van der Waals surface area contributed by atoms with Crippen molar-refractivity contribution in [2.24, 2.45) is 0 Å². The summed E-state index contributed by atoms with van der Waals surface area (Å²) in [7, 11) is 0. The lowest BCUT2D eigenvalue weighted by Crippen LogP contribution is -2.29. The number of aromatic nitrogens is 1. The van der Waals surface area contributed by atoms with Crippen LogP contribution in [0, 0.1) is 6.92 Å². The Morgan fingerprint density at radius 2 is 1.77 bits per heavy atom. The third-order valence-electron chi connectivity index (χ3n) is 3.72. The van der Waals surface area contributed by atoms with Crippen LogP contribution >= 0.6 is 0 Å². The van der Waals surface area contributed by atoms with Crippen molar-refractivity contribution in [1.29, 1.82) is 0 Å². The molecule has 2 rings (SSSR count). The van der Waals surface area contributed by atoms with Crippen molar-refractivity contribution >= 4 is 5.91 Å². The van der Waals surface area contributed by atoms with E-state index in [4.69, 9.17) is 0 Å². The molecule has 4 heteroatoms. The van der Waals surface area contributed by atoms with Crippen LogP contribution in [0.2, 0.25) is 0 Å². The van der Waals surface area contributed by atoms with Gasteiger partial charge in [-0.05, 0) is 36.1 Å². The summed E-state index contributed by atoms with van der Waals surface area (Å²) in [6.07, 6.45) is 3.17. The fourth-order valence-corrected chi connectivity index (χ4v) is 2.28. The predicted octanol–water partition coefficient (Wildman–Crippen LogP) is 2.73. The van der Waals surface area contributed by atoms with Crippen LogP contribution in [0.25, 0.3) is 0 Å². The first kappa shape index (κ1) is 16.2. The minimum atomic E-state index is -0.680. The van der Waals surface area contributed by atoms with Crippen molar-refractivity contribution in [3.05, 3.63) is 65.5 Å². The van der Waals surface area contributed by atoms with Gasteiger partial charge in [0.15, 0.2) is 0 Å². The zero-order chi connectivity index (χ0) is 15.9. The second-order valence-corrected chi connectivity index (χ2v) is 5.62. The molecule has 116 valence electrons. The molecule has 0 aliphatic carbocycles. The van der Waals surface area contributed by atoms with E-state index in [0.717, 1.165) is 16.7 Å². The number of hydrogen-bond donors (Lipinski definition) is 2. The quantitative estimate of drug-likeness (QED) is 0.862. The highest BCUT2D eigenvalue weighted by molar-refractivity contribution is 5.76. The van der Waals surface area contributed by atoms with Gasteiger partial charge in [0.05, 0.1) is 6.10 Å². The van der Waals surface area contributed by atoms with Crippen molar-refractivity contribution in [3.8, 4) is 0 Å². The minimum absolute atomic E-state index is 0.0597. The van der Waals surface area contributed by atoms with E-state index in [1.165, 1.54) is 0 Å². The lowest BCUT2D eigenvalue weighted by atomic mass is 9.98. The van der Waals surface area contributed by atoms with Crippen molar-refractivity contribution in [1.82, 2.24) is 10.3 Å². The van der Waals surface area contributed by atoms with Gasteiger partial charge in [-0.25, -0.2) is 0 Å². The highest BCUT2D eigenvalue weighted by atomic mass is 16.3. The van der Waals surface area contributed by atoms with Crippen LogP contribution in [0.4, 0.5) is 0 Å². The van der Waals surface area contributed by atoms with Crippen LogP contribution in [0.5, 0.6) is 0 Å². The van der Waals surface area contributed by atoms with E-state index in [9.17, 15) is 9.90 Å². The first-order valence-electron chi connectivity index (χ1n) is 7.47.